The van der Waals surface area contributed by atoms with E-state index >= 15 is 0 Å². The highest BCUT2D eigenvalue weighted by atomic mass is 16.1. The van der Waals surface area contributed by atoms with Crippen LogP contribution in [0.4, 0.5) is 11.4 Å². The molecule has 2 aromatic rings. The van der Waals surface area contributed by atoms with Crippen LogP contribution < -0.4 is 5.32 Å². The molecule has 1 amide bonds. The topological polar surface area (TPSA) is 41.5 Å². The van der Waals surface area contributed by atoms with E-state index < -0.39 is 0 Å². The van der Waals surface area contributed by atoms with Gasteiger partial charge in [-0.1, -0.05) is 44.5 Å². The molecule has 1 unspecified atom stereocenters. The molecule has 0 aliphatic carbocycles. The Balaban J connectivity index is 2.01. The second kappa shape index (κ2) is 8.28. The maximum atomic E-state index is 11.0. The number of nitrogens with zero attached hydrogens (tertiary/aromatic N) is 1. The number of carbonyl (C=O) groups excluding carboxylic acids is 1. The van der Waals surface area contributed by atoms with Gasteiger partial charge in [0.1, 0.15) is 0 Å². The van der Waals surface area contributed by atoms with Gasteiger partial charge in [0, 0.05) is 18.8 Å². The molecule has 1 N–H and O–H groups in total. The first-order valence-corrected chi connectivity index (χ1v) is 8.10. The van der Waals surface area contributed by atoms with Gasteiger partial charge in [0.2, 0.25) is 5.91 Å². The number of carbonyl (C=O) groups is 1. The number of anilines is 1. The van der Waals surface area contributed by atoms with Gasteiger partial charge in [0.25, 0.3) is 0 Å². The van der Waals surface area contributed by atoms with Crippen molar-refractivity contribution in [3.8, 4) is 0 Å². The fourth-order valence-corrected chi connectivity index (χ4v) is 2.49. The number of hydrogen-bond acceptors (Lipinski definition) is 2. The molecule has 2 aromatic carbocycles. The molecule has 23 heavy (non-hydrogen) atoms. The van der Waals surface area contributed by atoms with Crippen LogP contribution in [0.15, 0.2) is 53.5 Å². The molecule has 3 nitrogen and oxygen atoms in total. The van der Waals surface area contributed by atoms with Crippen LogP contribution in [-0.2, 0) is 4.79 Å². The van der Waals surface area contributed by atoms with Gasteiger partial charge in [-0.05, 0) is 47.7 Å². The van der Waals surface area contributed by atoms with Crippen molar-refractivity contribution in [3.05, 3.63) is 59.7 Å². The molecule has 0 saturated carbocycles. The van der Waals surface area contributed by atoms with Crippen molar-refractivity contribution in [2.45, 2.75) is 39.5 Å². The maximum Gasteiger partial charge on any atom is 0.221 e. The van der Waals surface area contributed by atoms with Gasteiger partial charge in [-0.25, -0.2) is 0 Å². The molecular weight excluding hydrogens is 284 g/mol. The highest BCUT2D eigenvalue weighted by molar-refractivity contribution is 5.89. The summed E-state index contributed by atoms with van der Waals surface area (Å²) in [6.45, 7) is 5.98. The fraction of sp³-hybridized carbons (Fsp3) is 0.300. The van der Waals surface area contributed by atoms with E-state index in [9.17, 15) is 4.79 Å². The zero-order chi connectivity index (χ0) is 16.7. The minimum Gasteiger partial charge on any atom is -0.326 e. The number of hydrogen-bond donors (Lipinski definition) is 1. The first-order valence-electron chi connectivity index (χ1n) is 8.10. The molecule has 120 valence electrons. The molecular formula is C20H24N2O. The molecule has 0 radical (unpaired) electrons. The normalized spacial score (nSPS) is 12.3. The van der Waals surface area contributed by atoms with Gasteiger partial charge in [0.05, 0.1) is 5.69 Å². The molecule has 0 saturated heterocycles. The van der Waals surface area contributed by atoms with Crippen LogP contribution >= 0.6 is 0 Å². The van der Waals surface area contributed by atoms with E-state index in [1.165, 1.54) is 25.3 Å². The van der Waals surface area contributed by atoms with Crippen molar-refractivity contribution in [2.24, 2.45) is 4.99 Å². The Morgan fingerprint density at radius 1 is 1.13 bits per heavy atom. The predicted molar refractivity (Wildman–Crippen MR) is 97.8 cm³/mol. The summed E-state index contributed by atoms with van der Waals surface area (Å²) in [5.41, 5.74) is 4.11. The molecule has 1 atom stereocenters. The molecule has 0 heterocycles. The van der Waals surface area contributed by atoms with E-state index in [4.69, 9.17) is 0 Å². The Morgan fingerprint density at radius 3 is 2.35 bits per heavy atom. The van der Waals surface area contributed by atoms with Gasteiger partial charge in [0.15, 0.2) is 0 Å². The summed E-state index contributed by atoms with van der Waals surface area (Å²) >= 11 is 0. The molecule has 0 aliphatic heterocycles. The number of benzene rings is 2. The predicted octanol–water partition coefficient (Wildman–Crippen LogP) is 5.30. The summed E-state index contributed by atoms with van der Waals surface area (Å²) in [6, 6.07) is 16.1. The van der Waals surface area contributed by atoms with E-state index in [1.807, 2.05) is 30.5 Å². The van der Waals surface area contributed by atoms with Gasteiger partial charge in [-0.2, -0.15) is 0 Å². The van der Waals surface area contributed by atoms with E-state index in [1.54, 1.807) is 0 Å². The number of aliphatic imine (C=N–C) groups is 1. The smallest absolute Gasteiger partial charge is 0.221 e. The van der Waals surface area contributed by atoms with Crippen LogP contribution in [0.3, 0.4) is 0 Å². The first-order chi connectivity index (χ1) is 11.1. The second-order valence-corrected chi connectivity index (χ2v) is 5.84. The number of rotatable bonds is 6. The number of amides is 1. The number of nitrogens with one attached hydrogen (secondary N) is 1. The van der Waals surface area contributed by atoms with E-state index in [-0.39, 0.29) is 5.91 Å². The van der Waals surface area contributed by atoms with Gasteiger partial charge in [-0.15, -0.1) is 0 Å². The SMILES string of the molecule is CCCC(C)c1ccc(/C=N/c2ccc(NC(C)=O)cc2)cc1. The van der Waals surface area contributed by atoms with E-state index in [0.29, 0.717) is 5.92 Å². The van der Waals surface area contributed by atoms with Crippen LogP contribution in [0.2, 0.25) is 0 Å². The van der Waals surface area contributed by atoms with Gasteiger partial charge in [-0.3, -0.25) is 9.79 Å². The highest BCUT2D eigenvalue weighted by Gasteiger charge is 2.03. The van der Waals surface area contributed by atoms with Crippen LogP contribution in [0, 0.1) is 0 Å². The summed E-state index contributed by atoms with van der Waals surface area (Å²) in [5, 5.41) is 2.74. The molecule has 0 fully saturated rings. The van der Waals surface area contributed by atoms with Crippen molar-refractivity contribution >= 4 is 23.5 Å². The van der Waals surface area contributed by atoms with E-state index in [2.05, 4.69) is 48.4 Å². The maximum absolute atomic E-state index is 11.0. The van der Waals surface area contributed by atoms with Gasteiger partial charge < -0.3 is 5.32 Å². The van der Waals surface area contributed by atoms with E-state index in [0.717, 1.165) is 16.9 Å². The van der Waals surface area contributed by atoms with Crippen molar-refractivity contribution in [3.63, 3.8) is 0 Å². The summed E-state index contributed by atoms with van der Waals surface area (Å²) in [7, 11) is 0. The highest BCUT2D eigenvalue weighted by Crippen LogP contribution is 2.21. The Morgan fingerprint density at radius 2 is 1.78 bits per heavy atom. The molecule has 0 bridgehead atoms. The lowest BCUT2D eigenvalue weighted by atomic mass is 9.96. The lowest BCUT2D eigenvalue weighted by Gasteiger charge is -2.10. The lowest BCUT2D eigenvalue weighted by molar-refractivity contribution is -0.114. The van der Waals surface area contributed by atoms with Crippen molar-refractivity contribution in [1.82, 2.24) is 0 Å². The van der Waals surface area contributed by atoms with Gasteiger partial charge >= 0.3 is 0 Å². The molecule has 0 aliphatic rings. The quantitative estimate of drug-likeness (QED) is 0.723. The molecule has 0 aromatic heterocycles. The Bertz CT molecular complexity index is 657. The average molecular weight is 308 g/mol. The molecule has 0 spiro atoms. The summed E-state index contributed by atoms with van der Waals surface area (Å²) < 4.78 is 0. The zero-order valence-corrected chi connectivity index (χ0v) is 14.0. The minimum absolute atomic E-state index is 0.0707. The van der Waals surface area contributed by atoms with Crippen LogP contribution in [-0.4, -0.2) is 12.1 Å². The summed E-state index contributed by atoms with van der Waals surface area (Å²) in [5.74, 6) is 0.533. The van der Waals surface area contributed by atoms with Crippen molar-refractivity contribution < 1.29 is 4.79 Å². The Labute approximate surface area is 138 Å². The Hall–Kier alpha value is -2.42. The third-order valence-corrected chi connectivity index (χ3v) is 3.78. The first kappa shape index (κ1) is 16.9. The standard InChI is InChI=1S/C20H24N2O/c1-4-5-15(2)18-8-6-17(7-9-18)14-21-19-10-12-20(13-11-19)22-16(3)23/h6-15H,4-5H2,1-3H3,(H,22,23)/b21-14+. The third-order valence-electron chi connectivity index (χ3n) is 3.78. The Kier molecular flexibility index (Phi) is 6.10. The van der Waals surface area contributed by atoms with Crippen LogP contribution in [0.5, 0.6) is 0 Å². The second-order valence-electron chi connectivity index (χ2n) is 5.84. The summed E-state index contributed by atoms with van der Waals surface area (Å²) in [6.07, 6.45) is 4.29. The molecule has 3 heteroatoms. The van der Waals surface area contributed by atoms with Crippen LogP contribution in [0.1, 0.15) is 50.7 Å². The summed E-state index contributed by atoms with van der Waals surface area (Å²) in [4.78, 5) is 15.5. The van der Waals surface area contributed by atoms with Crippen molar-refractivity contribution in [2.75, 3.05) is 5.32 Å². The lowest BCUT2D eigenvalue weighted by Crippen LogP contribution is -2.04. The molecule has 2 rings (SSSR count). The minimum atomic E-state index is -0.0707. The van der Waals surface area contributed by atoms with Crippen LogP contribution in [0.25, 0.3) is 0 Å². The average Bonchev–Trinajstić information content (AvgIpc) is 2.54. The van der Waals surface area contributed by atoms with Crippen molar-refractivity contribution in [1.29, 1.82) is 0 Å². The zero-order valence-electron chi connectivity index (χ0n) is 14.0. The fourth-order valence-electron chi connectivity index (χ4n) is 2.49. The third kappa shape index (κ3) is 5.37. The monoisotopic (exact) mass is 308 g/mol. The largest absolute Gasteiger partial charge is 0.326 e.